The van der Waals surface area contributed by atoms with Crippen LogP contribution in [0.15, 0.2) is 43.2 Å². The summed E-state index contributed by atoms with van der Waals surface area (Å²) in [5, 5.41) is 2.81. The molecule has 3 aromatic rings. The maximum atomic E-state index is 14.4. The fourth-order valence-corrected chi connectivity index (χ4v) is 3.46. The van der Waals surface area contributed by atoms with Crippen LogP contribution in [0, 0.1) is 5.82 Å². The summed E-state index contributed by atoms with van der Waals surface area (Å²) in [6.45, 7) is 4.55. The van der Waals surface area contributed by atoms with Gasteiger partial charge in [-0.1, -0.05) is 29.8 Å². The molecule has 1 N–H and O–H groups in total. The molecule has 1 saturated heterocycles. The van der Waals surface area contributed by atoms with Crippen molar-refractivity contribution in [3.8, 4) is 5.88 Å². The molecule has 0 saturated carbocycles. The molecular formula is C20H16Cl2FN5O2. The van der Waals surface area contributed by atoms with Crippen molar-refractivity contribution in [3.63, 3.8) is 0 Å². The summed E-state index contributed by atoms with van der Waals surface area (Å²) in [5.41, 5.74) is 1.06. The SMILES string of the molecule is C=CC(=O)N1CC[C@H](Oc2ccc3ncnc(Nc4ccc(Cl)c(Cl)c4F)c3n2)C1. The number of carbonyl (C=O) groups is 1. The summed E-state index contributed by atoms with van der Waals surface area (Å²) in [7, 11) is 0. The highest BCUT2D eigenvalue weighted by Crippen LogP contribution is 2.32. The number of halogens is 3. The van der Waals surface area contributed by atoms with Gasteiger partial charge >= 0.3 is 0 Å². The first kappa shape index (κ1) is 20.3. The average molecular weight is 448 g/mol. The van der Waals surface area contributed by atoms with Crippen LogP contribution >= 0.6 is 23.2 Å². The monoisotopic (exact) mass is 447 g/mol. The Morgan fingerprint density at radius 2 is 2.13 bits per heavy atom. The molecular weight excluding hydrogens is 432 g/mol. The first-order chi connectivity index (χ1) is 14.5. The van der Waals surface area contributed by atoms with Crippen molar-refractivity contribution >= 4 is 51.6 Å². The quantitative estimate of drug-likeness (QED) is 0.461. The largest absolute Gasteiger partial charge is 0.472 e. The van der Waals surface area contributed by atoms with Gasteiger partial charge in [-0.05, 0) is 24.3 Å². The molecule has 154 valence electrons. The van der Waals surface area contributed by atoms with Crippen LogP contribution in [-0.4, -0.2) is 45.0 Å². The minimum atomic E-state index is -0.693. The van der Waals surface area contributed by atoms with Gasteiger partial charge in [0.2, 0.25) is 11.8 Å². The van der Waals surface area contributed by atoms with Crippen molar-refractivity contribution in [1.29, 1.82) is 0 Å². The first-order valence-electron chi connectivity index (χ1n) is 9.06. The first-order valence-corrected chi connectivity index (χ1v) is 9.82. The van der Waals surface area contributed by atoms with Crippen LogP contribution in [0.25, 0.3) is 11.0 Å². The van der Waals surface area contributed by atoms with E-state index in [1.54, 1.807) is 17.0 Å². The van der Waals surface area contributed by atoms with Gasteiger partial charge in [0.05, 0.1) is 27.8 Å². The lowest BCUT2D eigenvalue weighted by Gasteiger charge is -2.15. The van der Waals surface area contributed by atoms with Crippen LogP contribution < -0.4 is 10.1 Å². The Balaban J connectivity index is 1.59. The van der Waals surface area contributed by atoms with Gasteiger partial charge in [0.25, 0.3) is 0 Å². The Hall–Kier alpha value is -2.97. The third-order valence-corrected chi connectivity index (χ3v) is 5.44. The van der Waals surface area contributed by atoms with Gasteiger partial charge in [0.1, 0.15) is 17.9 Å². The van der Waals surface area contributed by atoms with Gasteiger partial charge in [-0.15, -0.1) is 0 Å². The van der Waals surface area contributed by atoms with E-state index in [4.69, 9.17) is 27.9 Å². The molecule has 0 unspecified atom stereocenters. The third-order valence-electron chi connectivity index (χ3n) is 4.66. The van der Waals surface area contributed by atoms with E-state index >= 15 is 0 Å². The number of hydrogen-bond acceptors (Lipinski definition) is 6. The minimum Gasteiger partial charge on any atom is -0.472 e. The Morgan fingerprint density at radius 3 is 2.93 bits per heavy atom. The molecule has 1 fully saturated rings. The average Bonchev–Trinajstić information content (AvgIpc) is 3.22. The van der Waals surface area contributed by atoms with E-state index < -0.39 is 5.82 Å². The molecule has 1 atom stereocenters. The van der Waals surface area contributed by atoms with Crippen molar-refractivity contribution in [1.82, 2.24) is 19.9 Å². The number of ether oxygens (including phenoxy) is 1. The van der Waals surface area contributed by atoms with E-state index in [1.165, 1.54) is 24.5 Å². The smallest absolute Gasteiger partial charge is 0.246 e. The molecule has 4 rings (SSSR count). The summed E-state index contributed by atoms with van der Waals surface area (Å²) in [4.78, 5) is 26.2. The van der Waals surface area contributed by atoms with Gasteiger partial charge in [-0.2, -0.15) is 0 Å². The lowest BCUT2D eigenvalue weighted by atomic mass is 10.3. The summed E-state index contributed by atoms with van der Waals surface area (Å²) in [5.74, 6) is -0.178. The fourth-order valence-electron chi connectivity index (χ4n) is 3.15. The lowest BCUT2D eigenvalue weighted by Crippen LogP contribution is -2.29. The highest BCUT2D eigenvalue weighted by atomic mass is 35.5. The standard InChI is InChI=1S/C20H16Cl2FN5O2/c1-2-16(29)28-8-7-11(9-28)30-15-6-5-14-19(27-15)20(25-10-24-14)26-13-4-3-12(21)17(22)18(13)23/h2-6,10-11H,1,7-9H2,(H,24,25,26)/t11-/m0/s1. The summed E-state index contributed by atoms with van der Waals surface area (Å²) in [6.07, 6.45) is 3.13. The maximum absolute atomic E-state index is 14.4. The number of hydrogen-bond donors (Lipinski definition) is 1. The number of amides is 1. The van der Waals surface area contributed by atoms with Gasteiger partial charge < -0.3 is 15.0 Å². The van der Waals surface area contributed by atoms with E-state index in [2.05, 4.69) is 26.8 Å². The topological polar surface area (TPSA) is 80.2 Å². The van der Waals surface area contributed by atoms with Crippen molar-refractivity contribution in [2.75, 3.05) is 18.4 Å². The van der Waals surface area contributed by atoms with Crippen LogP contribution in [0.2, 0.25) is 10.0 Å². The molecule has 7 nitrogen and oxygen atoms in total. The number of nitrogens with one attached hydrogen (secondary N) is 1. The second kappa shape index (κ2) is 8.41. The highest BCUT2D eigenvalue weighted by molar-refractivity contribution is 6.42. The van der Waals surface area contributed by atoms with Gasteiger partial charge in [-0.3, -0.25) is 4.79 Å². The van der Waals surface area contributed by atoms with Gasteiger partial charge in [0.15, 0.2) is 11.6 Å². The molecule has 2 aromatic heterocycles. The predicted octanol–water partition coefficient (Wildman–Crippen LogP) is 4.38. The summed E-state index contributed by atoms with van der Waals surface area (Å²) < 4.78 is 20.4. The van der Waals surface area contributed by atoms with E-state index in [9.17, 15) is 9.18 Å². The van der Waals surface area contributed by atoms with Crippen molar-refractivity contribution < 1.29 is 13.9 Å². The number of pyridine rings is 1. The summed E-state index contributed by atoms with van der Waals surface area (Å²) >= 11 is 11.7. The molecule has 3 heterocycles. The Labute approximate surface area is 181 Å². The summed E-state index contributed by atoms with van der Waals surface area (Å²) in [6, 6.07) is 6.37. The molecule has 1 aromatic carbocycles. The van der Waals surface area contributed by atoms with Crippen LogP contribution in [0.3, 0.4) is 0 Å². The molecule has 0 bridgehead atoms. The van der Waals surface area contributed by atoms with Gasteiger partial charge in [-0.25, -0.2) is 19.3 Å². The second-order valence-electron chi connectivity index (χ2n) is 6.60. The molecule has 0 radical (unpaired) electrons. The third kappa shape index (κ3) is 4.01. The number of nitrogens with zero attached hydrogens (tertiary/aromatic N) is 4. The molecule has 1 aliphatic heterocycles. The second-order valence-corrected chi connectivity index (χ2v) is 7.39. The Morgan fingerprint density at radius 1 is 1.30 bits per heavy atom. The van der Waals surface area contributed by atoms with E-state index in [1.807, 2.05) is 0 Å². The predicted molar refractivity (Wildman–Crippen MR) is 113 cm³/mol. The van der Waals surface area contributed by atoms with E-state index in [0.717, 1.165) is 0 Å². The lowest BCUT2D eigenvalue weighted by molar-refractivity contribution is -0.125. The number of anilines is 2. The fraction of sp³-hybridized carbons (Fsp3) is 0.200. The number of benzene rings is 1. The van der Waals surface area contributed by atoms with E-state index in [0.29, 0.717) is 36.4 Å². The Kier molecular flexibility index (Phi) is 5.69. The number of carbonyl (C=O) groups excluding carboxylic acids is 1. The number of fused-ring (bicyclic) bond motifs is 1. The normalized spacial score (nSPS) is 16.0. The molecule has 0 spiro atoms. The number of rotatable bonds is 5. The van der Waals surface area contributed by atoms with Crippen molar-refractivity contribution in [2.45, 2.75) is 12.5 Å². The zero-order chi connectivity index (χ0) is 21.3. The molecule has 0 aliphatic carbocycles. The molecule has 1 aliphatic rings. The molecule has 10 heteroatoms. The maximum Gasteiger partial charge on any atom is 0.246 e. The number of aromatic nitrogens is 3. The number of likely N-dealkylation sites (tertiary alicyclic amines) is 1. The van der Waals surface area contributed by atoms with Crippen LogP contribution in [0.5, 0.6) is 5.88 Å². The highest BCUT2D eigenvalue weighted by Gasteiger charge is 2.26. The zero-order valence-corrected chi connectivity index (χ0v) is 17.1. The van der Waals surface area contributed by atoms with Gasteiger partial charge in [0, 0.05) is 19.0 Å². The van der Waals surface area contributed by atoms with Crippen LogP contribution in [-0.2, 0) is 4.79 Å². The molecule has 1 amide bonds. The zero-order valence-electron chi connectivity index (χ0n) is 15.6. The van der Waals surface area contributed by atoms with Crippen molar-refractivity contribution in [2.24, 2.45) is 0 Å². The van der Waals surface area contributed by atoms with Crippen LogP contribution in [0.1, 0.15) is 6.42 Å². The van der Waals surface area contributed by atoms with E-state index in [-0.39, 0.29) is 33.6 Å². The minimum absolute atomic E-state index is 0.104. The van der Waals surface area contributed by atoms with Crippen molar-refractivity contribution in [3.05, 3.63) is 59.1 Å². The van der Waals surface area contributed by atoms with Crippen LogP contribution in [0.4, 0.5) is 15.9 Å². The Bertz CT molecular complexity index is 1140. The molecule has 30 heavy (non-hydrogen) atoms.